The van der Waals surface area contributed by atoms with Gasteiger partial charge in [-0.2, -0.15) is 0 Å². The lowest BCUT2D eigenvalue weighted by Gasteiger charge is -2.21. The topological polar surface area (TPSA) is 237 Å². The maximum atomic E-state index is 13.1. The Balaban J connectivity index is 5.27. The number of allylic oxidation sites excluding steroid dienone is 4. The zero-order valence-electron chi connectivity index (χ0n) is 62.9. The molecule has 97 heavy (non-hydrogen) atoms. The van der Waals surface area contributed by atoms with E-state index in [-0.39, 0.29) is 25.7 Å². The summed E-state index contributed by atoms with van der Waals surface area (Å²) in [5.74, 6) is -0.666. The first-order chi connectivity index (χ1) is 46.9. The van der Waals surface area contributed by atoms with E-state index in [9.17, 15) is 43.2 Å². The molecule has 0 saturated heterocycles. The normalized spacial score (nSPS) is 14.4. The van der Waals surface area contributed by atoms with Gasteiger partial charge in [0.25, 0.3) is 0 Å². The van der Waals surface area contributed by atoms with E-state index in [0.29, 0.717) is 25.7 Å². The summed E-state index contributed by atoms with van der Waals surface area (Å²) in [5, 5.41) is 10.6. The van der Waals surface area contributed by atoms with Crippen LogP contribution in [0.15, 0.2) is 24.3 Å². The van der Waals surface area contributed by atoms with E-state index in [1.807, 2.05) is 0 Å². The van der Waals surface area contributed by atoms with E-state index in [2.05, 4.69) is 65.8 Å². The Hall–Kier alpha value is -2.46. The summed E-state index contributed by atoms with van der Waals surface area (Å²) < 4.78 is 68.5. The Kier molecular flexibility index (Phi) is 67.5. The molecule has 0 aliphatic heterocycles. The molecule has 6 atom stereocenters. The van der Waals surface area contributed by atoms with Gasteiger partial charge < -0.3 is 33.8 Å². The number of hydrogen-bond acceptors (Lipinski definition) is 15. The molecule has 0 aliphatic rings. The molecule has 19 heteroatoms. The number of phosphoric acid groups is 2. The van der Waals surface area contributed by atoms with Crippen LogP contribution < -0.4 is 0 Å². The number of hydrogen-bond donors (Lipinski definition) is 3. The van der Waals surface area contributed by atoms with E-state index in [1.165, 1.54) is 173 Å². The molecule has 0 aromatic carbocycles. The zero-order valence-corrected chi connectivity index (χ0v) is 64.7. The van der Waals surface area contributed by atoms with Crippen molar-refractivity contribution in [1.82, 2.24) is 0 Å². The third-order valence-corrected chi connectivity index (χ3v) is 19.8. The third-order valence-electron chi connectivity index (χ3n) is 17.9. The van der Waals surface area contributed by atoms with Gasteiger partial charge in [-0.05, 0) is 63.2 Å². The summed E-state index contributed by atoms with van der Waals surface area (Å²) in [6.45, 7) is 9.49. The molecule has 572 valence electrons. The predicted molar refractivity (Wildman–Crippen MR) is 395 cm³/mol. The molecule has 0 bridgehead atoms. The molecule has 0 rings (SSSR count). The number of aliphatic hydroxyl groups is 1. The van der Waals surface area contributed by atoms with Crippen LogP contribution in [0.4, 0.5) is 0 Å². The molecule has 3 N–H and O–H groups in total. The molecule has 0 aliphatic carbocycles. The van der Waals surface area contributed by atoms with Crippen molar-refractivity contribution in [2.45, 2.75) is 400 Å². The summed E-state index contributed by atoms with van der Waals surface area (Å²) in [5.41, 5.74) is 0. The van der Waals surface area contributed by atoms with E-state index >= 15 is 0 Å². The van der Waals surface area contributed by atoms with Gasteiger partial charge in [0.05, 0.1) is 26.4 Å². The fraction of sp³-hybridized carbons (Fsp3) is 0.897. The highest BCUT2D eigenvalue weighted by Crippen LogP contribution is 2.45. The molecule has 3 unspecified atom stereocenters. The fourth-order valence-corrected chi connectivity index (χ4v) is 13.0. The molecule has 0 fully saturated rings. The minimum Gasteiger partial charge on any atom is -0.462 e. The van der Waals surface area contributed by atoms with Crippen LogP contribution >= 0.6 is 15.6 Å². The number of ether oxygens (including phenoxy) is 4. The highest BCUT2D eigenvalue weighted by atomic mass is 31.2. The number of carbonyl (C=O) groups is 4. The van der Waals surface area contributed by atoms with Gasteiger partial charge in [0.1, 0.15) is 19.3 Å². The molecule has 0 amide bonds. The van der Waals surface area contributed by atoms with Gasteiger partial charge >= 0.3 is 39.5 Å². The quantitative estimate of drug-likeness (QED) is 0.0169. The molecule has 17 nitrogen and oxygen atoms in total. The number of carbonyl (C=O) groups excluding carboxylic acids is 4. The van der Waals surface area contributed by atoms with Crippen molar-refractivity contribution in [2.75, 3.05) is 39.6 Å². The number of phosphoric ester groups is 2. The van der Waals surface area contributed by atoms with E-state index in [0.717, 1.165) is 127 Å². The van der Waals surface area contributed by atoms with E-state index in [4.69, 9.17) is 37.0 Å². The van der Waals surface area contributed by atoms with Gasteiger partial charge in [0.15, 0.2) is 12.2 Å². The Morgan fingerprint density at radius 2 is 0.608 bits per heavy atom. The molecular weight excluding hydrogens is 1270 g/mol. The number of unbranched alkanes of at least 4 members (excludes halogenated alkanes) is 41. The maximum Gasteiger partial charge on any atom is 0.472 e. The van der Waals surface area contributed by atoms with Crippen molar-refractivity contribution in [1.29, 1.82) is 0 Å². The summed E-state index contributed by atoms with van der Waals surface area (Å²) in [4.78, 5) is 72.9. The van der Waals surface area contributed by atoms with E-state index in [1.54, 1.807) is 0 Å². The minimum atomic E-state index is -4.97. The predicted octanol–water partition coefficient (Wildman–Crippen LogP) is 22.7. The second-order valence-corrected chi connectivity index (χ2v) is 31.0. The Morgan fingerprint density at radius 3 is 0.928 bits per heavy atom. The summed E-state index contributed by atoms with van der Waals surface area (Å²) >= 11 is 0. The average molecular weight is 1420 g/mol. The van der Waals surface area contributed by atoms with Crippen LogP contribution in [-0.4, -0.2) is 96.7 Å². The van der Waals surface area contributed by atoms with Gasteiger partial charge in [-0.3, -0.25) is 37.3 Å². The second-order valence-electron chi connectivity index (χ2n) is 28.1. The Labute approximate surface area is 592 Å². The third kappa shape index (κ3) is 70.4. The lowest BCUT2D eigenvalue weighted by atomic mass is 10.00. The van der Waals surface area contributed by atoms with Crippen molar-refractivity contribution in [3.63, 3.8) is 0 Å². The van der Waals surface area contributed by atoms with Crippen molar-refractivity contribution >= 4 is 39.5 Å². The van der Waals surface area contributed by atoms with Gasteiger partial charge in [-0.25, -0.2) is 9.13 Å². The highest BCUT2D eigenvalue weighted by molar-refractivity contribution is 7.47. The molecule has 0 radical (unpaired) electrons. The Morgan fingerprint density at radius 1 is 0.340 bits per heavy atom. The average Bonchev–Trinajstić information content (AvgIpc) is 2.11. The number of rotatable bonds is 75. The van der Waals surface area contributed by atoms with Crippen LogP contribution in [0.5, 0.6) is 0 Å². The fourth-order valence-electron chi connectivity index (χ4n) is 11.4. The molecule has 0 heterocycles. The van der Waals surface area contributed by atoms with Crippen LogP contribution in [-0.2, 0) is 65.4 Å². The second kappa shape index (κ2) is 69.3. The monoisotopic (exact) mass is 1420 g/mol. The van der Waals surface area contributed by atoms with Gasteiger partial charge in [0.2, 0.25) is 0 Å². The molecular formula is C78H148O17P2. The standard InChI is InChI=1S/C78H148O17P2/c1-7-10-12-14-16-18-20-22-24-25-26-27-29-31-33-38-42-50-56-62-77(82)94-73(66-88-75(80)60-54-48-41-37-32-30-28-23-21-19-17-15-13-11-8-2)68-92-96(84,85)90-64-72(79)65-91-97(86,87)93-69-74(67-89-76(81)61-55-49-45-44-47-53-59-71(6)9-3)95-78(83)63-57-51-43-39-35-34-36-40-46-52-58-70(4)5/h19,21,23,28,70-74,79H,7-18,20,22,24-27,29-69H2,1-6H3,(H,84,85)(H,86,87)/b21-19-,28-23-/t71?,72-,73-,74-/m1/s1. The molecule has 0 saturated carbocycles. The van der Waals surface area contributed by atoms with Crippen LogP contribution in [0.3, 0.4) is 0 Å². The molecule has 0 aromatic rings. The maximum absolute atomic E-state index is 13.1. The van der Waals surface area contributed by atoms with Crippen molar-refractivity contribution in [3.8, 4) is 0 Å². The summed E-state index contributed by atoms with van der Waals surface area (Å²) in [6, 6.07) is 0. The van der Waals surface area contributed by atoms with Crippen LogP contribution in [0.25, 0.3) is 0 Å². The Bertz CT molecular complexity index is 1970. The first-order valence-corrected chi connectivity index (χ1v) is 42.8. The zero-order chi connectivity index (χ0) is 71.4. The van der Waals surface area contributed by atoms with Crippen molar-refractivity contribution in [2.24, 2.45) is 11.8 Å². The first-order valence-electron chi connectivity index (χ1n) is 39.8. The van der Waals surface area contributed by atoms with Crippen LogP contribution in [0, 0.1) is 11.8 Å². The first kappa shape index (κ1) is 94.5. The molecule has 0 spiro atoms. The summed E-state index contributed by atoms with van der Waals surface area (Å²) in [7, 11) is -9.93. The van der Waals surface area contributed by atoms with Gasteiger partial charge in [0, 0.05) is 25.7 Å². The largest absolute Gasteiger partial charge is 0.472 e. The highest BCUT2D eigenvalue weighted by Gasteiger charge is 2.30. The van der Waals surface area contributed by atoms with Crippen LogP contribution in [0.1, 0.15) is 382 Å². The summed E-state index contributed by atoms with van der Waals surface area (Å²) in [6.07, 6.45) is 60.5. The van der Waals surface area contributed by atoms with Crippen molar-refractivity contribution in [3.05, 3.63) is 24.3 Å². The van der Waals surface area contributed by atoms with Crippen molar-refractivity contribution < 1.29 is 80.2 Å². The SMILES string of the molecule is CCCCCC/C=C\C=C/CCCCCCCC(=O)OC[C@H](COP(=O)(O)OC[C@@H](O)COP(=O)(O)OC[C@@H](COC(=O)CCCCCCCCC(C)CC)OC(=O)CCCCCCCCCCCCC(C)C)OC(=O)CCCCCCCCCCCCCCCCCCCCC. The number of esters is 4. The smallest absolute Gasteiger partial charge is 0.462 e. The van der Waals surface area contributed by atoms with Gasteiger partial charge in [-0.15, -0.1) is 0 Å². The van der Waals surface area contributed by atoms with Crippen LogP contribution in [0.2, 0.25) is 0 Å². The minimum absolute atomic E-state index is 0.102. The van der Waals surface area contributed by atoms with E-state index < -0.39 is 97.5 Å². The number of aliphatic hydroxyl groups excluding tert-OH is 1. The molecule has 0 aromatic heterocycles. The lowest BCUT2D eigenvalue weighted by molar-refractivity contribution is -0.161. The lowest BCUT2D eigenvalue weighted by Crippen LogP contribution is -2.30. The van der Waals surface area contributed by atoms with Gasteiger partial charge in [-0.1, -0.05) is 329 Å².